The Labute approximate surface area is 181 Å². The highest BCUT2D eigenvalue weighted by molar-refractivity contribution is 6.30. The lowest BCUT2D eigenvalue weighted by Gasteiger charge is -2.17. The molecule has 1 fully saturated rings. The molecule has 0 bridgehead atoms. The number of nitrogens with two attached hydrogens (primary N) is 1. The molecular formula is C22H24Cl2N4O. The number of benzene rings is 2. The molecule has 0 radical (unpaired) electrons. The van der Waals surface area contributed by atoms with Crippen LogP contribution in [0.3, 0.4) is 0 Å². The third kappa shape index (κ3) is 4.17. The number of carbonyl (C=O) groups is 1. The fourth-order valence-electron chi connectivity index (χ4n) is 4.01. The Bertz CT molecular complexity index is 989. The van der Waals surface area contributed by atoms with Crippen molar-refractivity contribution in [1.82, 2.24) is 14.7 Å². The maximum atomic E-state index is 13.2. The van der Waals surface area contributed by atoms with Gasteiger partial charge in [-0.1, -0.05) is 48.0 Å². The normalized spacial score (nSPS) is 18.5. The molecule has 0 spiro atoms. The summed E-state index contributed by atoms with van der Waals surface area (Å²) >= 11 is 6.10. The molecular weight excluding hydrogens is 407 g/mol. The van der Waals surface area contributed by atoms with Crippen LogP contribution in [0, 0.1) is 12.8 Å². The summed E-state index contributed by atoms with van der Waals surface area (Å²) in [5, 5.41) is 5.06. The highest BCUT2D eigenvalue weighted by atomic mass is 35.5. The average Bonchev–Trinajstić information content (AvgIpc) is 3.32. The van der Waals surface area contributed by atoms with Crippen molar-refractivity contribution in [2.75, 3.05) is 19.6 Å². The van der Waals surface area contributed by atoms with Gasteiger partial charge in [0.1, 0.15) is 0 Å². The van der Waals surface area contributed by atoms with Crippen LogP contribution in [0.25, 0.3) is 5.69 Å². The molecule has 29 heavy (non-hydrogen) atoms. The molecule has 2 aromatic carbocycles. The van der Waals surface area contributed by atoms with Gasteiger partial charge in [0.2, 0.25) is 0 Å². The Morgan fingerprint density at radius 2 is 1.93 bits per heavy atom. The van der Waals surface area contributed by atoms with Crippen LogP contribution in [0.15, 0.2) is 60.8 Å². The van der Waals surface area contributed by atoms with Crippen molar-refractivity contribution in [1.29, 1.82) is 0 Å². The lowest BCUT2D eigenvalue weighted by atomic mass is 9.89. The first kappa shape index (κ1) is 21.4. The Kier molecular flexibility index (Phi) is 6.63. The first-order valence-corrected chi connectivity index (χ1v) is 9.81. The lowest BCUT2D eigenvalue weighted by Crippen LogP contribution is -2.30. The predicted octanol–water partition coefficient (Wildman–Crippen LogP) is 4.07. The van der Waals surface area contributed by atoms with Crippen LogP contribution in [-0.2, 0) is 0 Å². The number of aromatic nitrogens is 2. The highest BCUT2D eigenvalue weighted by Crippen LogP contribution is 2.33. The first-order valence-electron chi connectivity index (χ1n) is 9.43. The topological polar surface area (TPSA) is 64.2 Å². The number of likely N-dealkylation sites (tertiary alicyclic amines) is 1. The summed E-state index contributed by atoms with van der Waals surface area (Å²) in [6.45, 7) is 3.81. The maximum Gasteiger partial charge on any atom is 0.257 e. The van der Waals surface area contributed by atoms with Crippen LogP contribution in [0.1, 0.15) is 27.5 Å². The molecule has 152 valence electrons. The van der Waals surface area contributed by atoms with E-state index in [1.54, 1.807) is 10.9 Å². The molecule has 1 aromatic heterocycles. The summed E-state index contributed by atoms with van der Waals surface area (Å²) < 4.78 is 1.75. The molecule has 2 atom stereocenters. The van der Waals surface area contributed by atoms with E-state index in [-0.39, 0.29) is 30.2 Å². The second-order valence-corrected chi connectivity index (χ2v) is 7.69. The van der Waals surface area contributed by atoms with Crippen molar-refractivity contribution in [2.24, 2.45) is 11.7 Å². The standard InChI is InChI=1S/C22H23ClN4O.ClH/c1-15-20(12-25-27(15)19-9-5-8-18(23)10-19)22(28)26-13-17(11-24)21(14-26)16-6-3-2-4-7-16;/h2-10,12,17,21H,11,13-14,24H2,1H3;1H/t17-,21+;/m1./s1. The van der Waals surface area contributed by atoms with Gasteiger partial charge in [-0.3, -0.25) is 4.79 Å². The van der Waals surface area contributed by atoms with Crippen molar-refractivity contribution in [2.45, 2.75) is 12.8 Å². The fraction of sp³-hybridized carbons (Fsp3) is 0.273. The van der Waals surface area contributed by atoms with E-state index in [0.717, 1.165) is 11.4 Å². The monoisotopic (exact) mass is 430 g/mol. The molecule has 0 aliphatic carbocycles. The minimum absolute atomic E-state index is 0. The van der Waals surface area contributed by atoms with Crippen molar-refractivity contribution in [3.63, 3.8) is 0 Å². The minimum Gasteiger partial charge on any atom is -0.338 e. The fourth-order valence-corrected chi connectivity index (χ4v) is 4.20. The predicted molar refractivity (Wildman–Crippen MR) is 118 cm³/mol. The molecule has 2 N–H and O–H groups in total. The van der Waals surface area contributed by atoms with Crippen LogP contribution in [-0.4, -0.2) is 40.2 Å². The van der Waals surface area contributed by atoms with E-state index < -0.39 is 0 Å². The minimum atomic E-state index is 0. The van der Waals surface area contributed by atoms with E-state index in [2.05, 4.69) is 17.2 Å². The molecule has 3 aromatic rings. The van der Waals surface area contributed by atoms with Crippen molar-refractivity contribution < 1.29 is 4.79 Å². The smallest absolute Gasteiger partial charge is 0.257 e. The van der Waals surface area contributed by atoms with Crippen molar-refractivity contribution in [3.8, 4) is 5.69 Å². The lowest BCUT2D eigenvalue weighted by molar-refractivity contribution is 0.0785. The van der Waals surface area contributed by atoms with Gasteiger partial charge in [0, 0.05) is 24.0 Å². The number of nitrogens with zero attached hydrogens (tertiary/aromatic N) is 3. The zero-order chi connectivity index (χ0) is 19.7. The molecule has 7 heteroatoms. The summed E-state index contributed by atoms with van der Waals surface area (Å²) in [6, 6.07) is 17.8. The number of halogens is 2. The molecule has 1 saturated heterocycles. The van der Waals surface area contributed by atoms with Crippen LogP contribution >= 0.6 is 24.0 Å². The molecule has 4 rings (SSSR count). The maximum absolute atomic E-state index is 13.2. The summed E-state index contributed by atoms with van der Waals surface area (Å²) in [4.78, 5) is 15.1. The van der Waals surface area contributed by atoms with Crippen LogP contribution < -0.4 is 5.73 Å². The third-order valence-corrected chi connectivity index (χ3v) is 5.79. The van der Waals surface area contributed by atoms with Crippen LogP contribution in [0.4, 0.5) is 0 Å². The Morgan fingerprint density at radius 3 is 2.62 bits per heavy atom. The number of carbonyl (C=O) groups excluding carboxylic acids is 1. The van der Waals surface area contributed by atoms with Gasteiger partial charge in [-0.25, -0.2) is 4.68 Å². The zero-order valence-electron chi connectivity index (χ0n) is 16.2. The Morgan fingerprint density at radius 1 is 1.17 bits per heavy atom. The van der Waals surface area contributed by atoms with Gasteiger partial charge >= 0.3 is 0 Å². The third-order valence-electron chi connectivity index (χ3n) is 5.55. The molecule has 1 aliphatic rings. The molecule has 0 saturated carbocycles. The number of amides is 1. The molecule has 1 aliphatic heterocycles. The van der Waals surface area contributed by atoms with Gasteiger partial charge in [-0.2, -0.15) is 5.10 Å². The van der Waals surface area contributed by atoms with Gasteiger partial charge in [0.15, 0.2) is 0 Å². The summed E-state index contributed by atoms with van der Waals surface area (Å²) in [5.74, 6) is 0.524. The Hall–Kier alpha value is -2.34. The van der Waals surface area contributed by atoms with E-state index in [1.807, 2.05) is 54.3 Å². The van der Waals surface area contributed by atoms with Gasteiger partial charge in [-0.15, -0.1) is 12.4 Å². The Balaban J connectivity index is 0.00000240. The average molecular weight is 431 g/mol. The van der Waals surface area contributed by atoms with Gasteiger partial charge in [-0.05, 0) is 43.1 Å². The quantitative estimate of drug-likeness (QED) is 0.678. The second kappa shape index (κ2) is 8.99. The SMILES string of the molecule is Cc1c(C(=O)N2C[C@@H](CN)[C@H](c3ccccc3)C2)cnn1-c1cccc(Cl)c1.Cl. The zero-order valence-corrected chi connectivity index (χ0v) is 17.7. The van der Waals surface area contributed by atoms with E-state index in [1.165, 1.54) is 5.56 Å². The van der Waals surface area contributed by atoms with Crippen molar-refractivity contribution in [3.05, 3.63) is 82.6 Å². The van der Waals surface area contributed by atoms with Crippen LogP contribution in [0.2, 0.25) is 5.02 Å². The summed E-state index contributed by atoms with van der Waals surface area (Å²) in [5.41, 5.74) is 9.52. The summed E-state index contributed by atoms with van der Waals surface area (Å²) in [6.07, 6.45) is 1.64. The van der Waals surface area contributed by atoms with E-state index in [9.17, 15) is 4.79 Å². The van der Waals surface area contributed by atoms with Crippen molar-refractivity contribution >= 4 is 29.9 Å². The summed E-state index contributed by atoms with van der Waals surface area (Å²) in [7, 11) is 0. The van der Waals surface area contributed by atoms with E-state index >= 15 is 0 Å². The van der Waals surface area contributed by atoms with Gasteiger partial charge in [0.05, 0.1) is 23.1 Å². The first-order chi connectivity index (χ1) is 13.6. The number of hydrogen-bond acceptors (Lipinski definition) is 3. The number of rotatable bonds is 4. The van der Waals surface area contributed by atoms with Gasteiger partial charge < -0.3 is 10.6 Å². The molecule has 5 nitrogen and oxygen atoms in total. The highest BCUT2D eigenvalue weighted by Gasteiger charge is 2.36. The van der Waals surface area contributed by atoms with E-state index in [0.29, 0.717) is 30.2 Å². The molecule has 2 heterocycles. The largest absolute Gasteiger partial charge is 0.338 e. The number of hydrogen-bond donors (Lipinski definition) is 1. The van der Waals surface area contributed by atoms with Crippen LogP contribution in [0.5, 0.6) is 0 Å². The molecule has 1 amide bonds. The second-order valence-electron chi connectivity index (χ2n) is 7.26. The van der Waals surface area contributed by atoms with E-state index in [4.69, 9.17) is 17.3 Å². The molecule has 0 unspecified atom stereocenters. The van der Waals surface area contributed by atoms with Gasteiger partial charge in [0.25, 0.3) is 5.91 Å².